The molecule has 0 bridgehead atoms. The number of ether oxygens (including phenoxy) is 1. The van der Waals surface area contributed by atoms with E-state index in [1.165, 1.54) is 7.11 Å². The van der Waals surface area contributed by atoms with Gasteiger partial charge < -0.3 is 9.84 Å². The molecule has 1 N–H and O–H groups in total. The van der Waals surface area contributed by atoms with E-state index in [9.17, 15) is 9.59 Å². The predicted molar refractivity (Wildman–Crippen MR) is 56.5 cm³/mol. The number of carbonyl (C=O) groups excluding carboxylic acids is 1. The largest absolute Gasteiger partial charge is 0.481 e. The summed E-state index contributed by atoms with van der Waals surface area (Å²) in [4.78, 5) is 22.3. The fourth-order valence-corrected chi connectivity index (χ4v) is 2.10. The van der Waals surface area contributed by atoms with Crippen LogP contribution in [0.3, 0.4) is 0 Å². The van der Waals surface area contributed by atoms with E-state index < -0.39 is 17.9 Å². The summed E-state index contributed by atoms with van der Waals surface area (Å²) in [6, 6.07) is 5.12. The molecule has 1 aliphatic rings. The van der Waals surface area contributed by atoms with Gasteiger partial charge in [-0.1, -0.05) is 6.07 Å². The lowest BCUT2D eigenvalue weighted by Gasteiger charge is -2.07. The van der Waals surface area contributed by atoms with Gasteiger partial charge >= 0.3 is 11.9 Å². The van der Waals surface area contributed by atoms with Crippen molar-refractivity contribution in [3.05, 3.63) is 34.9 Å². The van der Waals surface area contributed by atoms with Gasteiger partial charge in [0.05, 0.1) is 18.6 Å². The number of carbonyl (C=O) groups is 2. The summed E-state index contributed by atoms with van der Waals surface area (Å²) in [5, 5.41) is 9.03. The fraction of sp³-hybridized carbons (Fsp3) is 0.333. The average Bonchev–Trinajstić information content (AvgIpc) is 2.70. The van der Waals surface area contributed by atoms with Gasteiger partial charge in [-0.2, -0.15) is 0 Å². The van der Waals surface area contributed by atoms with Crippen LogP contribution in [0, 0.1) is 0 Å². The predicted octanol–water partition coefficient (Wildman–Crippen LogP) is 1.59. The van der Waals surface area contributed by atoms with Crippen LogP contribution in [0.25, 0.3) is 0 Å². The lowest BCUT2D eigenvalue weighted by atomic mass is 9.99. The lowest BCUT2D eigenvalue weighted by Crippen LogP contribution is -2.09. The Hall–Kier alpha value is -1.84. The Bertz CT molecular complexity index is 450. The van der Waals surface area contributed by atoms with Crippen LogP contribution in [-0.4, -0.2) is 24.2 Å². The highest BCUT2D eigenvalue weighted by Gasteiger charge is 2.29. The van der Waals surface area contributed by atoms with E-state index in [1.54, 1.807) is 12.1 Å². The van der Waals surface area contributed by atoms with Gasteiger partial charge in [0.2, 0.25) is 0 Å². The van der Waals surface area contributed by atoms with Crippen LogP contribution in [0.5, 0.6) is 0 Å². The zero-order valence-electron chi connectivity index (χ0n) is 8.90. The fourth-order valence-electron chi connectivity index (χ4n) is 2.10. The van der Waals surface area contributed by atoms with Crippen molar-refractivity contribution < 1.29 is 19.4 Å². The third-order valence-electron chi connectivity index (χ3n) is 2.94. The molecule has 1 aromatic rings. The highest BCUT2D eigenvalue weighted by Crippen LogP contribution is 2.33. The molecule has 4 nitrogen and oxygen atoms in total. The Kier molecular flexibility index (Phi) is 2.64. The minimum atomic E-state index is -0.833. The van der Waals surface area contributed by atoms with Crippen molar-refractivity contribution in [3.8, 4) is 0 Å². The maximum absolute atomic E-state index is 11.3. The molecule has 1 unspecified atom stereocenters. The molecule has 16 heavy (non-hydrogen) atoms. The van der Waals surface area contributed by atoms with Crippen LogP contribution >= 0.6 is 0 Å². The van der Waals surface area contributed by atoms with Crippen molar-refractivity contribution in [2.75, 3.05) is 7.11 Å². The zero-order chi connectivity index (χ0) is 11.7. The van der Waals surface area contributed by atoms with Crippen LogP contribution in [0.4, 0.5) is 0 Å². The maximum atomic E-state index is 11.3. The molecule has 0 heterocycles. The van der Waals surface area contributed by atoms with Crippen molar-refractivity contribution in [2.45, 2.75) is 18.8 Å². The summed E-state index contributed by atoms with van der Waals surface area (Å²) in [6.07, 6.45) is 1.36. The second-order valence-electron chi connectivity index (χ2n) is 3.83. The minimum Gasteiger partial charge on any atom is -0.481 e. The van der Waals surface area contributed by atoms with Gasteiger partial charge in [-0.05, 0) is 36.1 Å². The number of esters is 1. The molecule has 0 fully saturated rings. The normalized spacial score (nSPS) is 17.9. The summed E-state index contributed by atoms with van der Waals surface area (Å²) in [7, 11) is 1.31. The van der Waals surface area contributed by atoms with Gasteiger partial charge in [-0.3, -0.25) is 4.79 Å². The summed E-state index contributed by atoms with van der Waals surface area (Å²) in [6.45, 7) is 0. The summed E-state index contributed by atoms with van der Waals surface area (Å²) >= 11 is 0. The van der Waals surface area contributed by atoms with Gasteiger partial charge in [0.15, 0.2) is 0 Å². The Balaban J connectivity index is 2.41. The number of rotatable bonds is 2. The van der Waals surface area contributed by atoms with Crippen molar-refractivity contribution in [1.29, 1.82) is 0 Å². The molecule has 0 spiro atoms. The van der Waals surface area contributed by atoms with Crippen molar-refractivity contribution in [2.24, 2.45) is 0 Å². The number of methoxy groups -OCH3 is 1. The molecule has 84 valence electrons. The van der Waals surface area contributed by atoms with E-state index in [4.69, 9.17) is 5.11 Å². The molecule has 0 aliphatic heterocycles. The van der Waals surface area contributed by atoms with Crippen LogP contribution in [-0.2, 0) is 16.0 Å². The minimum absolute atomic E-state index is 0.411. The number of aliphatic carboxylic acids is 1. The molecule has 0 amide bonds. The highest BCUT2D eigenvalue weighted by atomic mass is 16.5. The van der Waals surface area contributed by atoms with E-state index in [0.29, 0.717) is 12.0 Å². The van der Waals surface area contributed by atoms with E-state index in [-0.39, 0.29) is 0 Å². The van der Waals surface area contributed by atoms with Gasteiger partial charge in [0, 0.05) is 0 Å². The van der Waals surface area contributed by atoms with E-state index in [2.05, 4.69) is 4.74 Å². The topological polar surface area (TPSA) is 63.6 Å². The third-order valence-corrected chi connectivity index (χ3v) is 2.94. The summed E-state index contributed by atoms with van der Waals surface area (Å²) in [5.74, 6) is -1.75. The summed E-state index contributed by atoms with van der Waals surface area (Å²) < 4.78 is 4.61. The maximum Gasteiger partial charge on any atom is 0.337 e. The molecule has 1 atom stereocenters. The number of aryl methyl sites for hydroxylation is 1. The zero-order valence-corrected chi connectivity index (χ0v) is 8.90. The molecule has 1 aliphatic carbocycles. The van der Waals surface area contributed by atoms with Crippen LogP contribution in [0.2, 0.25) is 0 Å². The molecular formula is C12H12O4. The first kappa shape index (κ1) is 10.7. The number of hydrogen-bond donors (Lipinski definition) is 1. The number of hydrogen-bond acceptors (Lipinski definition) is 3. The second kappa shape index (κ2) is 3.96. The second-order valence-corrected chi connectivity index (χ2v) is 3.83. The molecule has 1 aromatic carbocycles. The number of carboxylic acids is 1. The average molecular weight is 220 g/mol. The molecule has 2 rings (SSSR count). The Morgan fingerprint density at radius 2 is 2.19 bits per heavy atom. The first-order chi connectivity index (χ1) is 7.63. The Morgan fingerprint density at radius 3 is 2.81 bits per heavy atom. The van der Waals surface area contributed by atoms with Gasteiger partial charge in [-0.25, -0.2) is 4.79 Å². The standard InChI is InChI=1S/C12H12O4/c1-16-12(15)8-3-2-7-4-5-9(11(13)14)10(7)6-8/h2-3,6,9H,4-5H2,1H3,(H,13,14). The monoisotopic (exact) mass is 220 g/mol. The van der Waals surface area contributed by atoms with E-state index >= 15 is 0 Å². The molecule has 4 heteroatoms. The molecule has 0 radical (unpaired) electrons. The first-order valence-electron chi connectivity index (χ1n) is 5.07. The van der Waals surface area contributed by atoms with Crippen LogP contribution < -0.4 is 0 Å². The van der Waals surface area contributed by atoms with E-state index in [1.807, 2.05) is 6.07 Å². The van der Waals surface area contributed by atoms with E-state index in [0.717, 1.165) is 17.5 Å². The first-order valence-corrected chi connectivity index (χ1v) is 5.07. The molecule has 0 saturated carbocycles. The number of carboxylic acid groups (broad SMARTS) is 1. The summed E-state index contributed by atoms with van der Waals surface area (Å²) in [5.41, 5.74) is 2.17. The third kappa shape index (κ3) is 1.66. The SMILES string of the molecule is COC(=O)c1ccc2c(c1)C(C(=O)O)CC2. The highest BCUT2D eigenvalue weighted by molar-refractivity contribution is 5.90. The van der Waals surface area contributed by atoms with Crippen molar-refractivity contribution in [1.82, 2.24) is 0 Å². The Labute approximate surface area is 92.8 Å². The molecular weight excluding hydrogens is 208 g/mol. The lowest BCUT2D eigenvalue weighted by molar-refractivity contribution is -0.138. The smallest absolute Gasteiger partial charge is 0.337 e. The van der Waals surface area contributed by atoms with Crippen LogP contribution in [0.1, 0.15) is 33.8 Å². The van der Waals surface area contributed by atoms with Crippen LogP contribution in [0.15, 0.2) is 18.2 Å². The quantitative estimate of drug-likeness (QED) is 0.769. The Morgan fingerprint density at radius 1 is 1.44 bits per heavy atom. The number of fused-ring (bicyclic) bond motifs is 1. The molecule has 0 saturated heterocycles. The van der Waals surface area contributed by atoms with Gasteiger partial charge in [-0.15, -0.1) is 0 Å². The van der Waals surface area contributed by atoms with Crippen molar-refractivity contribution >= 4 is 11.9 Å². The van der Waals surface area contributed by atoms with Gasteiger partial charge in [0.25, 0.3) is 0 Å². The van der Waals surface area contributed by atoms with Crippen molar-refractivity contribution in [3.63, 3.8) is 0 Å². The van der Waals surface area contributed by atoms with Gasteiger partial charge in [0.1, 0.15) is 0 Å². The molecule has 0 aromatic heterocycles. The number of benzene rings is 1.